The van der Waals surface area contributed by atoms with Gasteiger partial charge in [0, 0.05) is 0 Å². The van der Waals surface area contributed by atoms with E-state index in [0.29, 0.717) is 0 Å². The van der Waals surface area contributed by atoms with Gasteiger partial charge in [-0.1, -0.05) is 84.9 Å². The third-order valence-corrected chi connectivity index (χ3v) is 7.00. The molecule has 4 aromatic carbocycles. The molecule has 0 unspecified atom stereocenters. The van der Waals surface area contributed by atoms with Crippen LogP contribution in [-0.2, 0) is 0 Å². The molecule has 0 aromatic heterocycles. The Bertz CT molecular complexity index is 1180. The van der Waals surface area contributed by atoms with Crippen molar-refractivity contribution in [2.24, 2.45) is 0 Å². The Morgan fingerprint density at radius 1 is 0.412 bits per heavy atom. The topological polar surface area (TPSA) is 74.6 Å². The minimum atomic E-state index is -0.934. The highest BCUT2D eigenvalue weighted by Gasteiger charge is 2.52. The van der Waals surface area contributed by atoms with Crippen LogP contribution in [0.5, 0.6) is 0 Å². The van der Waals surface area contributed by atoms with Crippen LogP contribution >= 0.6 is 0 Å². The summed E-state index contributed by atoms with van der Waals surface area (Å²) in [6, 6.07) is 35.2. The zero-order chi connectivity index (χ0) is 23.7. The van der Waals surface area contributed by atoms with E-state index in [2.05, 4.69) is 24.3 Å². The van der Waals surface area contributed by atoms with Gasteiger partial charge in [0.15, 0.2) is 0 Å². The zero-order valence-electron chi connectivity index (χ0n) is 18.4. The van der Waals surface area contributed by atoms with Crippen LogP contribution in [0, 0.1) is 0 Å². The first kappa shape index (κ1) is 21.7. The quantitative estimate of drug-likeness (QED) is 0.352. The summed E-state index contributed by atoms with van der Waals surface area (Å²) in [5.41, 5.74) is 5.19. The van der Waals surface area contributed by atoms with Crippen molar-refractivity contribution in [3.63, 3.8) is 0 Å². The molecule has 0 radical (unpaired) electrons. The van der Waals surface area contributed by atoms with Crippen molar-refractivity contribution in [3.8, 4) is 0 Å². The van der Waals surface area contributed by atoms with Gasteiger partial charge in [-0.3, -0.25) is 0 Å². The molecule has 0 heterocycles. The summed E-state index contributed by atoms with van der Waals surface area (Å²) in [4.78, 5) is 22.8. The fraction of sp³-hybridized carbons (Fsp3) is 0.133. The fourth-order valence-corrected chi connectivity index (χ4v) is 5.45. The van der Waals surface area contributed by atoms with Crippen molar-refractivity contribution in [1.29, 1.82) is 0 Å². The molecule has 4 aromatic rings. The Morgan fingerprint density at radius 2 is 0.676 bits per heavy atom. The smallest absolute Gasteiger partial charge is 0.335 e. The Labute approximate surface area is 198 Å². The highest BCUT2D eigenvalue weighted by molar-refractivity contribution is 5.88. The van der Waals surface area contributed by atoms with E-state index in [0.717, 1.165) is 11.1 Å². The van der Waals surface area contributed by atoms with Crippen LogP contribution in [0.15, 0.2) is 109 Å². The maximum atomic E-state index is 11.4. The SMILES string of the molecule is O=C(O)c1ccc(C2C(c3ccccc3)C(c3ccc(C(=O)O)cc3)C2c2ccccc2)cc1. The Morgan fingerprint density at radius 3 is 0.941 bits per heavy atom. The van der Waals surface area contributed by atoms with Gasteiger partial charge in [-0.25, -0.2) is 9.59 Å². The van der Waals surface area contributed by atoms with Crippen LogP contribution in [0.2, 0.25) is 0 Å². The molecule has 1 saturated carbocycles. The molecule has 4 nitrogen and oxygen atoms in total. The lowest BCUT2D eigenvalue weighted by Crippen LogP contribution is -2.40. The average molecular weight is 449 g/mol. The van der Waals surface area contributed by atoms with Crippen LogP contribution < -0.4 is 0 Å². The van der Waals surface area contributed by atoms with Gasteiger partial charge in [-0.15, -0.1) is 0 Å². The zero-order valence-corrected chi connectivity index (χ0v) is 18.4. The number of hydrogen-bond donors (Lipinski definition) is 2. The van der Waals surface area contributed by atoms with E-state index in [-0.39, 0.29) is 34.8 Å². The predicted octanol–water partition coefficient (Wildman–Crippen LogP) is 6.53. The molecule has 0 atom stereocenters. The number of hydrogen-bond acceptors (Lipinski definition) is 2. The van der Waals surface area contributed by atoms with Gasteiger partial charge in [0.05, 0.1) is 11.1 Å². The molecule has 0 saturated heterocycles. The number of carbonyl (C=O) groups is 2. The molecule has 168 valence electrons. The first-order chi connectivity index (χ1) is 16.5. The molecular formula is C30H24O4. The third-order valence-electron chi connectivity index (χ3n) is 7.00. The van der Waals surface area contributed by atoms with E-state index < -0.39 is 11.9 Å². The Kier molecular flexibility index (Phi) is 5.72. The van der Waals surface area contributed by atoms with Crippen molar-refractivity contribution in [3.05, 3.63) is 143 Å². The largest absolute Gasteiger partial charge is 0.478 e. The lowest BCUT2D eigenvalue weighted by molar-refractivity contribution is 0.0686. The van der Waals surface area contributed by atoms with Gasteiger partial charge in [0.1, 0.15) is 0 Å². The molecule has 1 fully saturated rings. The van der Waals surface area contributed by atoms with E-state index >= 15 is 0 Å². The minimum absolute atomic E-state index is 0.150. The standard InChI is InChI=1S/C30H24O4/c31-29(32)23-15-11-21(12-16-23)27-25(19-7-3-1-4-8-19)28(26(27)20-9-5-2-6-10-20)22-13-17-24(18-14-22)30(33)34/h1-18,25-28H,(H,31,32)(H,33,34). The van der Waals surface area contributed by atoms with Gasteiger partial charge in [-0.05, 0) is 70.2 Å². The third kappa shape index (κ3) is 3.88. The van der Waals surface area contributed by atoms with Crippen molar-refractivity contribution in [1.82, 2.24) is 0 Å². The summed E-state index contributed by atoms with van der Waals surface area (Å²) in [6.45, 7) is 0. The number of aromatic carboxylic acids is 2. The number of rotatable bonds is 6. The first-order valence-corrected chi connectivity index (χ1v) is 11.3. The lowest BCUT2D eigenvalue weighted by Gasteiger charge is -2.54. The minimum Gasteiger partial charge on any atom is -0.478 e. The van der Waals surface area contributed by atoms with Crippen LogP contribution in [0.1, 0.15) is 66.6 Å². The molecular weight excluding hydrogens is 424 g/mol. The van der Waals surface area contributed by atoms with E-state index in [1.54, 1.807) is 24.3 Å². The summed E-state index contributed by atoms with van der Waals surface area (Å²) in [6.07, 6.45) is 0. The second-order valence-electron chi connectivity index (χ2n) is 8.78. The van der Waals surface area contributed by atoms with Gasteiger partial charge in [0.2, 0.25) is 0 Å². The molecule has 1 aliphatic rings. The molecule has 0 spiro atoms. The van der Waals surface area contributed by atoms with E-state index in [4.69, 9.17) is 0 Å². The second kappa shape index (κ2) is 8.99. The average Bonchev–Trinajstić information content (AvgIpc) is 2.85. The summed E-state index contributed by atoms with van der Waals surface area (Å²) < 4.78 is 0. The summed E-state index contributed by atoms with van der Waals surface area (Å²) in [5.74, 6) is -1.24. The summed E-state index contributed by atoms with van der Waals surface area (Å²) >= 11 is 0. The van der Waals surface area contributed by atoms with Gasteiger partial charge in [-0.2, -0.15) is 0 Å². The number of carboxylic acids is 2. The van der Waals surface area contributed by atoms with Crippen molar-refractivity contribution < 1.29 is 19.8 Å². The molecule has 4 heteroatoms. The van der Waals surface area contributed by atoms with Crippen LogP contribution in [-0.4, -0.2) is 22.2 Å². The van der Waals surface area contributed by atoms with E-state index in [1.165, 1.54) is 11.1 Å². The normalized spacial score (nSPS) is 21.4. The van der Waals surface area contributed by atoms with Crippen LogP contribution in [0.4, 0.5) is 0 Å². The Hall–Kier alpha value is -4.18. The highest BCUT2D eigenvalue weighted by atomic mass is 16.4. The molecule has 5 rings (SSSR count). The number of benzene rings is 4. The maximum Gasteiger partial charge on any atom is 0.335 e. The lowest BCUT2D eigenvalue weighted by atomic mass is 9.49. The van der Waals surface area contributed by atoms with E-state index in [1.807, 2.05) is 60.7 Å². The molecule has 2 N–H and O–H groups in total. The molecule has 0 bridgehead atoms. The van der Waals surface area contributed by atoms with Gasteiger partial charge >= 0.3 is 11.9 Å². The van der Waals surface area contributed by atoms with Crippen LogP contribution in [0.3, 0.4) is 0 Å². The molecule has 0 aliphatic heterocycles. The van der Waals surface area contributed by atoms with Gasteiger partial charge < -0.3 is 10.2 Å². The maximum absolute atomic E-state index is 11.4. The fourth-order valence-electron chi connectivity index (χ4n) is 5.45. The highest BCUT2D eigenvalue weighted by Crippen LogP contribution is 2.66. The van der Waals surface area contributed by atoms with E-state index in [9.17, 15) is 19.8 Å². The predicted molar refractivity (Wildman–Crippen MR) is 131 cm³/mol. The summed E-state index contributed by atoms with van der Waals surface area (Å²) in [5, 5.41) is 18.7. The van der Waals surface area contributed by atoms with Crippen molar-refractivity contribution >= 4 is 11.9 Å². The molecule has 0 amide bonds. The number of carboxylic acid groups (broad SMARTS) is 2. The van der Waals surface area contributed by atoms with Gasteiger partial charge in [0.25, 0.3) is 0 Å². The summed E-state index contributed by atoms with van der Waals surface area (Å²) in [7, 11) is 0. The van der Waals surface area contributed by atoms with Crippen molar-refractivity contribution in [2.75, 3.05) is 0 Å². The van der Waals surface area contributed by atoms with Crippen molar-refractivity contribution in [2.45, 2.75) is 23.7 Å². The monoisotopic (exact) mass is 448 g/mol. The van der Waals surface area contributed by atoms with Crippen LogP contribution in [0.25, 0.3) is 0 Å². The molecule has 34 heavy (non-hydrogen) atoms. The first-order valence-electron chi connectivity index (χ1n) is 11.3. The second-order valence-corrected chi connectivity index (χ2v) is 8.78. The Balaban J connectivity index is 1.64. The molecule has 1 aliphatic carbocycles.